The van der Waals surface area contributed by atoms with E-state index in [0.29, 0.717) is 5.92 Å². The SMILES string of the molecule is CN=C(NCC1CCOC1)NCC1CCN(C2CC2)C1.I. The molecule has 0 radical (unpaired) electrons. The molecule has 2 unspecified atom stereocenters. The van der Waals surface area contributed by atoms with Crippen molar-refractivity contribution in [3.8, 4) is 0 Å². The zero-order valence-electron chi connectivity index (χ0n) is 13.0. The molecule has 3 fully saturated rings. The predicted molar refractivity (Wildman–Crippen MR) is 96.4 cm³/mol. The lowest BCUT2D eigenvalue weighted by Crippen LogP contribution is -2.42. The fourth-order valence-corrected chi connectivity index (χ4v) is 3.25. The Morgan fingerprint density at radius 3 is 2.52 bits per heavy atom. The molecule has 1 aliphatic carbocycles. The summed E-state index contributed by atoms with van der Waals surface area (Å²) in [5.74, 6) is 2.37. The maximum atomic E-state index is 5.40. The average molecular weight is 408 g/mol. The molecule has 2 heterocycles. The Labute approximate surface area is 145 Å². The number of aliphatic imine (C=N–C) groups is 1. The van der Waals surface area contributed by atoms with Crippen LogP contribution in [0.3, 0.4) is 0 Å². The Balaban J connectivity index is 0.00000161. The molecular weight excluding hydrogens is 379 g/mol. The highest BCUT2D eigenvalue weighted by molar-refractivity contribution is 14.0. The molecule has 0 aromatic heterocycles. The minimum Gasteiger partial charge on any atom is -0.381 e. The van der Waals surface area contributed by atoms with E-state index in [2.05, 4.69) is 20.5 Å². The molecule has 0 aromatic rings. The molecule has 5 nitrogen and oxygen atoms in total. The van der Waals surface area contributed by atoms with E-state index < -0.39 is 0 Å². The summed E-state index contributed by atoms with van der Waals surface area (Å²) in [5.41, 5.74) is 0. The molecule has 0 spiro atoms. The molecule has 1 saturated carbocycles. The van der Waals surface area contributed by atoms with Crippen LogP contribution in [-0.4, -0.2) is 63.3 Å². The topological polar surface area (TPSA) is 48.9 Å². The normalized spacial score (nSPS) is 30.2. The molecular formula is C15H29IN4O. The van der Waals surface area contributed by atoms with Gasteiger partial charge < -0.3 is 20.3 Å². The Hall–Kier alpha value is -0.0800. The third-order valence-corrected chi connectivity index (χ3v) is 4.74. The van der Waals surface area contributed by atoms with Crippen LogP contribution >= 0.6 is 24.0 Å². The van der Waals surface area contributed by atoms with Gasteiger partial charge in [-0.15, -0.1) is 24.0 Å². The van der Waals surface area contributed by atoms with Crippen molar-refractivity contribution in [1.82, 2.24) is 15.5 Å². The fraction of sp³-hybridized carbons (Fsp3) is 0.933. The summed E-state index contributed by atoms with van der Waals surface area (Å²) in [6, 6.07) is 0.916. The van der Waals surface area contributed by atoms with E-state index in [0.717, 1.165) is 44.2 Å². The quantitative estimate of drug-likeness (QED) is 0.409. The maximum absolute atomic E-state index is 5.40. The number of guanidine groups is 1. The second-order valence-corrected chi connectivity index (χ2v) is 6.44. The lowest BCUT2D eigenvalue weighted by atomic mass is 10.1. The van der Waals surface area contributed by atoms with Crippen molar-refractivity contribution in [3.63, 3.8) is 0 Å². The van der Waals surface area contributed by atoms with Crippen molar-refractivity contribution < 1.29 is 4.74 Å². The van der Waals surface area contributed by atoms with E-state index >= 15 is 0 Å². The van der Waals surface area contributed by atoms with E-state index in [9.17, 15) is 0 Å². The molecule has 2 N–H and O–H groups in total. The van der Waals surface area contributed by atoms with Crippen LogP contribution in [0.4, 0.5) is 0 Å². The van der Waals surface area contributed by atoms with Crippen molar-refractivity contribution in [2.75, 3.05) is 46.4 Å². The number of nitrogens with zero attached hydrogens (tertiary/aromatic N) is 2. The number of nitrogens with one attached hydrogen (secondary N) is 2. The Bertz CT molecular complexity index is 343. The number of halogens is 1. The van der Waals surface area contributed by atoms with Crippen LogP contribution in [0, 0.1) is 11.8 Å². The van der Waals surface area contributed by atoms with Crippen molar-refractivity contribution >= 4 is 29.9 Å². The summed E-state index contributed by atoms with van der Waals surface area (Å²) in [4.78, 5) is 6.98. The first-order valence-electron chi connectivity index (χ1n) is 8.11. The maximum Gasteiger partial charge on any atom is 0.190 e. The molecule has 2 saturated heterocycles. The minimum absolute atomic E-state index is 0. The molecule has 122 valence electrons. The van der Waals surface area contributed by atoms with Gasteiger partial charge in [0.05, 0.1) is 6.61 Å². The van der Waals surface area contributed by atoms with Crippen molar-refractivity contribution in [2.45, 2.75) is 31.7 Å². The molecule has 2 atom stereocenters. The molecule has 0 bridgehead atoms. The summed E-state index contributed by atoms with van der Waals surface area (Å²) in [7, 11) is 1.85. The summed E-state index contributed by atoms with van der Waals surface area (Å²) in [5, 5.41) is 6.91. The van der Waals surface area contributed by atoms with Gasteiger partial charge in [0.1, 0.15) is 0 Å². The van der Waals surface area contributed by atoms with Gasteiger partial charge in [-0.1, -0.05) is 0 Å². The highest BCUT2D eigenvalue weighted by Crippen LogP contribution is 2.31. The third kappa shape index (κ3) is 5.25. The molecule has 3 aliphatic rings. The first kappa shape index (κ1) is 17.3. The summed E-state index contributed by atoms with van der Waals surface area (Å²) >= 11 is 0. The van der Waals surface area contributed by atoms with Gasteiger partial charge in [-0.3, -0.25) is 4.99 Å². The van der Waals surface area contributed by atoms with E-state index in [4.69, 9.17) is 4.74 Å². The molecule has 21 heavy (non-hydrogen) atoms. The number of hydrogen-bond acceptors (Lipinski definition) is 3. The molecule has 6 heteroatoms. The number of hydrogen-bond donors (Lipinski definition) is 2. The van der Waals surface area contributed by atoms with Gasteiger partial charge in [0.15, 0.2) is 5.96 Å². The lowest BCUT2D eigenvalue weighted by molar-refractivity contribution is 0.186. The second kappa shape index (κ2) is 8.53. The Kier molecular flexibility index (Phi) is 7.01. The fourth-order valence-electron chi connectivity index (χ4n) is 3.25. The molecule has 3 rings (SSSR count). The van der Waals surface area contributed by atoms with Gasteiger partial charge in [-0.05, 0) is 38.1 Å². The van der Waals surface area contributed by atoms with Crippen LogP contribution in [0.2, 0.25) is 0 Å². The van der Waals surface area contributed by atoms with Crippen LogP contribution in [-0.2, 0) is 4.74 Å². The standard InChI is InChI=1S/C15H28N4O.HI/c1-16-15(18-9-13-5-7-20-11-13)17-8-12-4-6-19(10-12)14-2-3-14;/h12-14H,2-11H2,1H3,(H2,16,17,18);1H. The zero-order chi connectivity index (χ0) is 13.8. The predicted octanol–water partition coefficient (Wildman–Crippen LogP) is 1.29. The van der Waals surface area contributed by atoms with Crippen LogP contribution < -0.4 is 10.6 Å². The minimum atomic E-state index is 0. The second-order valence-electron chi connectivity index (χ2n) is 6.44. The van der Waals surface area contributed by atoms with E-state index in [1.54, 1.807) is 0 Å². The van der Waals surface area contributed by atoms with E-state index in [-0.39, 0.29) is 24.0 Å². The first-order valence-corrected chi connectivity index (χ1v) is 8.11. The van der Waals surface area contributed by atoms with Gasteiger partial charge in [-0.2, -0.15) is 0 Å². The molecule has 2 aliphatic heterocycles. The lowest BCUT2D eigenvalue weighted by Gasteiger charge is -2.18. The van der Waals surface area contributed by atoms with Gasteiger partial charge >= 0.3 is 0 Å². The monoisotopic (exact) mass is 408 g/mol. The Morgan fingerprint density at radius 1 is 1.14 bits per heavy atom. The van der Waals surface area contributed by atoms with Gasteiger partial charge in [0.2, 0.25) is 0 Å². The van der Waals surface area contributed by atoms with E-state index in [1.165, 1.54) is 38.8 Å². The summed E-state index contributed by atoms with van der Waals surface area (Å²) < 4.78 is 5.40. The van der Waals surface area contributed by atoms with Crippen LogP contribution in [0.1, 0.15) is 25.7 Å². The van der Waals surface area contributed by atoms with E-state index in [1.807, 2.05) is 7.05 Å². The van der Waals surface area contributed by atoms with Crippen LogP contribution in [0.25, 0.3) is 0 Å². The molecule has 0 aromatic carbocycles. The van der Waals surface area contributed by atoms with Crippen LogP contribution in [0.15, 0.2) is 4.99 Å². The van der Waals surface area contributed by atoms with Crippen molar-refractivity contribution in [1.29, 1.82) is 0 Å². The Morgan fingerprint density at radius 2 is 1.90 bits per heavy atom. The largest absolute Gasteiger partial charge is 0.381 e. The highest BCUT2D eigenvalue weighted by atomic mass is 127. The van der Waals surface area contributed by atoms with Gasteiger partial charge in [-0.25, -0.2) is 0 Å². The summed E-state index contributed by atoms with van der Waals surface area (Å²) in [6.45, 7) is 6.39. The van der Waals surface area contributed by atoms with Gasteiger partial charge in [0, 0.05) is 45.2 Å². The zero-order valence-corrected chi connectivity index (χ0v) is 15.3. The third-order valence-electron chi connectivity index (χ3n) is 4.74. The first-order chi connectivity index (χ1) is 9.85. The molecule has 0 amide bonds. The van der Waals surface area contributed by atoms with Crippen molar-refractivity contribution in [3.05, 3.63) is 0 Å². The van der Waals surface area contributed by atoms with Crippen molar-refractivity contribution in [2.24, 2.45) is 16.8 Å². The highest BCUT2D eigenvalue weighted by Gasteiger charge is 2.34. The van der Waals surface area contributed by atoms with Crippen LogP contribution in [0.5, 0.6) is 0 Å². The average Bonchev–Trinajstić information content (AvgIpc) is 3.01. The number of ether oxygens (including phenoxy) is 1. The smallest absolute Gasteiger partial charge is 0.190 e. The van der Waals surface area contributed by atoms with Gasteiger partial charge in [0.25, 0.3) is 0 Å². The number of rotatable bonds is 5. The number of likely N-dealkylation sites (tertiary alicyclic amines) is 1. The summed E-state index contributed by atoms with van der Waals surface area (Å²) in [6.07, 6.45) is 5.35.